The Bertz CT molecular complexity index is 1250. The Morgan fingerprint density at radius 1 is 1.11 bits per heavy atom. The number of halogens is 4. The molecule has 1 aromatic heterocycles. The largest absolute Gasteiger partial charge is 0.573 e. The van der Waals surface area contributed by atoms with Gasteiger partial charge in [-0.2, -0.15) is 0 Å². The van der Waals surface area contributed by atoms with Crippen LogP contribution in [0.2, 0.25) is 0 Å². The maximum Gasteiger partial charge on any atom is 0.573 e. The van der Waals surface area contributed by atoms with Crippen LogP contribution in [0.3, 0.4) is 0 Å². The zero-order valence-corrected chi connectivity index (χ0v) is 20.2. The minimum absolute atomic E-state index is 0.127. The van der Waals surface area contributed by atoms with Crippen molar-refractivity contribution in [3.63, 3.8) is 0 Å². The maximum atomic E-state index is 13.2. The molecule has 1 N–H and O–H groups in total. The van der Waals surface area contributed by atoms with Gasteiger partial charge in [-0.1, -0.05) is 6.08 Å². The van der Waals surface area contributed by atoms with Crippen LogP contribution in [-0.2, 0) is 22.3 Å². The minimum Gasteiger partial charge on any atom is -0.406 e. The van der Waals surface area contributed by atoms with Crippen LogP contribution in [0.15, 0.2) is 83.5 Å². The first-order valence-electron chi connectivity index (χ1n) is 10.8. The molecule has 0 radical (unpaired) electrons. The van der Waals surface area contributed by atoms with Gasteiger partial charge in [-0.3, -0.25) is 14.1 Å². The monoisotopic (exact) mass is 521 g/mol. The Morgan fingerprint density at radius 2 is 1.78 bits per heavy atom. The summed E-state index contributed by atoms with van der Waals surface area (Å²) in [6.45, 7) is 3.79. The predicted octanol–water partition coefficient (Wildman–Crippen LogP) is 5.35. The Hall–Kier alpha value is -3.73. The molecule has 1 heterocycles. The lowest BCUT2D eigenvalue weighted by molar-refractivity contribution is -0.274. The second kappa shape index (κ2) is 11.8. The van der Waals surface area contributed by atoms with Gasteiger partial charge in [0.1, 0.15) is 17.3 Å². The summed E-state index contributed by atoms with van der Waals surface area (Å²) >= 11 is 0. The van der Waals surface area contributed by atoms with Crippen molar-refractivity contribution in [2.24, 2.45) is 0 Å². The number of carbonyl (C=O) groups is 1. The van der Waals surface area contributed by atoms with Gasteiger partial charge in [0.05, 0.1) is 10.6 Å². The topological polar surface area (TPSA) is 71.5 Å². The van der Waals surface area contributed by atoms with Gasteiger partial charge in [0.15, 0.2) is 11.0 Å². The van der Waals surface area contributed by atoms with E-state index in [2.05, 4.69) is 15.0 Å². The SMILES string of the molecule is C/C=C(/C(=O)NCc1ccnc(-c2ccc(OC(F)(F)F)cc2)c1)N(CC)S(=O)c1ccc(F)cc1. The second-order valence-electron chi connectivity index (χ2n) is 7.38. The van der Waals surface area contributed by atoms with Gasteiger partial charge in [-0.15, -0.1) is 13.2 Å². The average molecular weight is 522 g/mol. The van der Waals surface area contributed by atoms with Crippen LogP contribution in [0.4, 0.5) is 17.6 Å². The molecule has 0 spiro atoms. The molecule has 0 saturated heterocycles. The maximum absolute atomic E-state index is 13.2. The third-order valence-corrected chi connectivity index (χ3v) is 6.47. The summed E-state index contributed by atoms with van der Waals surface area (Å²) in [5.74, 6) is -1.25. The number of nitrogens with zero attached hydrogens (tertiary/aromatic N) is 2. The number of benzene rings is 2. The average Bonchev–Trinajstić information content (AvgIpc) is 2.85. The van der Waals surface area contributed by atoms with Crippen LogP contribution in [0, 0.1) is 5.82 Å². The van der Waals surface area contributed by atoms with Gasteiger partial charge in [0, 0.05) is 24.8 Å². The quantitative estimate of drug-likeness (QED) is 0.304. The zero-order chi connectivity index (χ0) is 26.3. The first-order chi connectivity index (χ1) is 17.1. The van der Waals surface area contributed by atoms with E-state index in [-0.39, 0.29) is 24.5 Å². The van der Waals surface area contributed by atoms with E-state index < -0.39 is 29.1 Å². The molecule has 190 valence electrons. The lowest BCUT2D eigenvalue weighted by Gasteiger charge is -2.24. The van der Waals surface area contributed by atoms with Crippen LogP contribution in [0.25, 0.3) is 11.3 Å². The van der Waals surface area contributed by atoms with E-state index in [1.54, 1.807) is 32.1 Å². The third-order valence-electron chi connectivity index (χ3n) is 4.94. The smallest absolute Gasteiger partial charge is 0.406 e. The summed E-state index contributed by atoms with van der Waals surface area (Å²) in [5, 5.41) is 2.78. The lowest BCUT2D eigenvalue weighted by Crippen LogP contribution is -2.36. The van der Waals surface area contributed by atoms with Crippen molar-refractivity contribution in [3.8, 4) is 17.0 Å². The standard InChI is InChI=1S/C25H23F4N3O3S/c1-3-23(32(4-2)36(34)21-11-7-19(26)8-12-21)24(33)31-16-17-13-14-30-22(15-17)18-5-9-20(10-6-18)35-25(27,28)29/h3,5-15H,4,16H2,1-2H3,(H,31,33)/b23-3-. The molecule has 1 amide bonds. The highest BCUT2D eigenvalue weighted by atomic mass is 32.2. The van der Waals surface area contributed by atoms with Gasteiger partial charge in [0.2, 0.25) is 0 Å². The summed E-state index contributed by atoms with van der Waals surface area (Å²) in [4.78, 5) is 17.5. The summed E-state index contributed by atoms with van der Waals surface area (Å²) in [7, 11) is -1.72. The number of aromatic nitrogens is 1. The van der Waals surface area contributed by atoms with E-state index in [0.29, 0.717) is 21.7 Å². The molecular formula is C25H23F4N3O3S. The number of likely N-dealkylation sites (N-methyl/N-ethyl adjacent to an activating group) is 1. The number of pyridine rings is 1. The van der Waals surface area contributed by atoms with Gasteiger partial charge in [-0.25, -0.2) is 8.60 Å². The first kappa shape index (κ1) is 26.9. The number of alkyl halides is 3. The van der Waals surface area contributed by atoms with Crippen molar-refractivity contribution in [2.75, 3.05) is 6.54 Å². The number of hydrogen-bond donors (Lipinski definition) is 1. The Kier molecular flexibility index (Phi) is 8.81. The molecule has 11 heteroatoms. The van der Waals surface area contributed by atoms with Crippen molar-refractivity contribution >= 4 is 16.9 Å². The number of hydrogen-bond acceptors (Lipinski definition) is 4. The molecule has 3 aromatic rings. The van der Waals surface area contributed by atoms with E-state index in [0.717, 1.165) is 0 Å². The van der Waals surface area contributed by atoms with E-state index in [1.807, 2.05) is 0 Å². The van der Waals surface area contributed by atoms with Crippen LogP contribution in [-0.4, -0.2) is 32.3 Å². The van der Waals surface area contributed by atoms with Crippen LogP contribution in [0.5, 0.6) is 5.75 Å². The molecule has 2 aromatic carbocycles. The molecule has 3 rings (SSSR count). The normalized spacial score (nSPS) is 12.7. The molecule has 0 aliphatic carbocycles. The van der Waals surface area contributed by atoms with E-state index in [1.165, 1.54) is 59.0 Å². The summed E-state index contributed by atoms with van der Waals surface area (Å²) in [6.07, 6.45) is -1.71. The van der Waals surface area contributed by atoms with Crippen molar-refractivity contribution < 1.29 is 31.3 Å². The first-order valence-corrected chi connectivity index (χ1v) is 11.9. The highest BCUT2D eigenvalue weighted by Crippen LogP contribution is 2.26. The van der Waals surface area contributed by atoms with Crippen molar-refractivity contribution in [1.29, 1.82) is 0 Å². The molecule has 0 saturated carbocycles. The van der Waals surface area contributed by atoms with Crippen molar-refractivity contribution in [3.05, 3.63) is 90.0 Å². The summed E-state index contributed by atoms with van der Waals surface area (Å²) in [5.41, 5.74) is 1.95. The highest BCUT2D eigenvalue weighted by Gasteiger charge is 2.31. The molecule has 1 unspecified atom stereocenters. The van der Waals surface area contributed by atoms with Crippen LogP contribution < -0.4 is 10.1 Å². The predicted molar refractivity (Wildman–Crippen MR) is 127 cm³/mol. The van der Waals surface area contributed by atoms with E-state index >= 15 is 0 Å². The summed E-state index contributed by atoms with van der Waals surface area (Å²) < 4.78 is 68.6. The molecule has 6 nitrogen and oxygen atoms in total. The summed E-state index contributed by atoms with van der Waals surface area (Å²) in [6, 6.07) is 13.9. The van der Waals surface area contributed by atoms with Crippen LogP contribution >= 0.6 is 0 Å². The molecule has 0 aliphatic rings. The molecule has 0 bridgehead atoms. The van der Waals surface area contributed by atoms with Gasteiger partial charge < -0.3 is 10.1 Å². The van der Waals surface area contributed by atoms with Gasteiger partial charge >= 0.3 is 6.36 Å². The zero-order valence-electron chi connectivity index (χ0n) is 19.4. The molecule has 36 heavy (non-hydrogen) atoms. The number of ether oxygens (including phenoxy) is 1. The number of carbonyl (C=O) groups excluding carboxylic acids is 1. The Labute approximate surface area is 208 Å². The fourth-order valence-corrected chi connectivity index (χ4v) is 4.51. The Balaban J connectivity index is 1.68. The highest BCUT2D eigenvalue weighted by molar-refractivity contribution is 7.82. The number of allylic oxidation sites excluding steroid dienone is 1. The molecular weight excluding hydrogens is 498 g/mol. The fraction of sp³-hybridized carbons (Fsp3) is 0.200. The number of nitrogens with one attached hydrogen (secondary N) is 1. The van der Waals surface area contributed by atoms with E-state index in [4.69, 9.17) is 0 Å². The molecule has 1 atom stereocenters. The minimum atomic E-state index is -4.78. The van der Waals surface area contributed by atoms with E-state index in [9.17, 15) is 26.6 Å². The third kappa shape index (κ3) is 7.14. The fourth-order valence-electron chi connectivity index (χ4n) is 3.29. The lowest BCUT2D eigenvalue weighted by atomic mass is 10.1. The van der Waals surface area contributed by atoms with Gasteiger partial charge in [0.25, 0.3) is 5.91 Å². The van der Waals surface area contributed by atoms with Crippen molar-refractivity contribution in [2.45, 2.75) is 31.7 Å². The molecule has 0 aliphatic heterocycles. The van der Waals surface area contributed by atoms with Gasteiger partial charge in [-0.05, 0) is 80.1 Å². The van der Waals surface area contributed by atoms with Crippen LogP contribution in [0.1, 0.15) is 19.4 Å². The second-order valence-corrected chi connectivity index (χ2v) is 8.79. The Morgan fingerprint density at radius 3 is 2.36 bits per heavy atom. The number of rotatable bonds is 9. The number of amides is 1. The van der Waals surface area contributed by atoms with Crippen molar-refractivity contribution in [1.82, 2.24) is 14.6 Å². The molecule has 0 fully saturated rings.